The molecule has 0 aromatic heterocycles. The summed E-state index contributed by atoms with van der Waals surface area (Å²) in [6.07, 6.45) is 0.0181. The van der Waals surface area contributed by atoms with Crippen LogP contribution in [0.15, 0.2) is 40.9 Å². The lowest BCUT2D eigenvalue weighted by molar-refractivity contribution is -0.248. The normalized spacial score (nSPS) is 31.0. The zero-order chi connectivity index (χ0) is 19.8. The van der Waals surface area contributed by atoms with E-state index in [0.717, 1.165) is 24.8 Å². The molecular weight excluding hydrogens is 334 g/mol. The van der Waals surface area contributed by atoms with Crippen LogP contribution in [0.5, 0.6) is 0 Å². The number of hydrogen-bond donors (Lipinski definition) is 4. The first-order chi connectivity index (χ1) is 13.0. The Morgan fingerprint density at radius 2 is 1.92 bits per heavy atom. The van der Waals surface area contributed by atoms with E-state index in [1.807, 2.05) is 36.4 Å². The molecule has 4 N–H and O–H groups in total. The first kappa shape index (κ1) is 19.2. The van der Waals surface area contributed by atoms with E-state index in [2.05, 4.69) is 11.9 Å². The third kappa shape index (κ3) is 5.72. The van der Waals surface area contributed by atoms with E-state index in [4.69, 9.17) is 11.2 Å². The van der Waals surface area contributed by atoms with Crippen molar-refractivity contribution in [3.8, 4) is 0 Å². The molecule has 26 heavy (non-hydrogen) atoms. The van der Waals surface area contributed by atoms with Crippen LogP contribution in [-0.2, 0) is 4.74 Å². The molecule has 6 nitrogen and oxygen atoms in total. The fourth-order valence-electron chi connectivity index (χ4n) is 2.86. The van der Waals surface area contributed by atoms with Crippen LogP contribution in [0.25, 0.3) is 6.08 Å². The van der Waals surface area contributed by atoms with Crippen LogP contribution in [-0.4, -0.2) is 63.9 Å². The lowest BCUT2D eigenvalue weighted by Crippen LogP contribution is -2.57. The van der Waals surface area contributed by atoms with Crippen LogP contribution in [0.2, 0.25) is 0 Å². The van der Waals surface area contributed by atoms with Gasteiger partial charge < -0.3 is 25.2 Å². The summed E-state index contributed by atoms with van der Waals surface area (Å²) in [4.78, 5) is 4.14. The third-order valence-corrected chi connectivity index (χ3v) is 4.41. The molecule has 5 atom stereocenters. The Morgan fingerprint density at radius 3 is 2.58 bits per heavy atom. The van der Waals surface area contributed by atoms with Gasteiger partial charge in [0.1, 0.15) is 24.4 Å². The fourth-order valence-corrected chi connectivity index (χ4v) is 2.86. The zero-order valence-electron chi connectivity index (χ0n) is 16.0. The molecular formula is C20H29NO5. The van der Waals surface area contributed by atoms with Crippen molar-refractivity contribution in [3.05, 3.63) is 41.5 Å². The molecule has 2 rings (SSSR count). The molecule has 0 spiro atoms. The van der Waals surface area contributed by atoms with Gasteiger partial charge in [0, 0.05) is 6.19 Å². The van der Waals surface area contributed by atoms with Gasteiger partial charge in [-0.3, -0.25) is 4.99 Å². The average Bonchev–Trinajstić information content (AvgIpc) is 2.68. The smallest absolute Gasteiger partial charge is 0.180 e. The summed E-state index contributed by atoms with van der Waals surface area (Å²) in [5.74, 6) is 0. The largest absolute Gasteiger partial charge is 0.394 e. The number of hydrogen-bond acceptors (Lipinski definition) is 6. The van der Waals surface area contributed by atoms with Crippen LogP contribution >= 0.6 is 0 Å². The summed E-state index contributed by atoms with van der Waals surface area (Å²) in [5.41, 5.74) is 1.62. The highest BCUT2D eigenvalue weighted by atomic mass is 16.6. The lowest BCUT2D eigenvalue weighted by Gasteiger charge is -2.38. The minimum atomic E-state index is -1.51. The standard InChI is InChI=1S/C20H29NO5/c1-2-3-5-10-15(11-14-8-6-4-7-9-14)12-21-17-19(24)18(23)16(13-22)26-20(17)25/h4,6-9,11-12,16-20,22-25H,2-3,5,10,13H2,1H3/t16-,17-,18-,19-,20?/m1/s1/i12D. The molecule has 1 heterocycles. The quantitative estimate of drug-likeness (QED) is 0.414. The van der Waals surface area contributed by atoms with Crippen molar-refractivity contribution in [1.29, 1.82) is 0 Å². The van der Waals surface area contributed by atoms with Crippen molar-refractivity contribution in [2.75, 3.05) is 6.61 Å². The fraction of sp³-hybridized carbons (Fsp3) is 0.550. The number of aliphatic imine (C=N–C) groups is 1. The molecule has 0 bridgehead atoms. The van der Waals surface area contributed by atoms with Crippen LogP contribution < -0.4 is 0 Å². The summed E-state index contributed by atoms with van der Waals surface area (Å²) in [6.45, 7) is 1.57. The summed E-state index contributed by atoms with van der Waals surface area (Å²) < 4.78 is 13.5. The maximum absolute atomic E-state index is 10.2. The third-order valence-electron chi connectivity index (χ3n) is 4.41. The van der Waals surface area contributed by atoms with E-state index in [1.165, 1.54) is 0 Å². The van der Waals surface area contributed by atoms with Gasteiger partial charge in [0.15, 0.2) is 6.29 Å². The van der Waals surface area contributed by atoms with E-state index >= 15 is 0 Å². The van der Waals surface area contributed by atoms with E-state index < -0.39 is 37.3 Å². The summed E-state index contributed by atoms with van der Waals surface area (Å²) in [6, 6.07) is 8.38. The van der Waals surface area contributed by atoms with Gasteiger partial charge >= 0.3 is 0 Å². The number of aliphatic hydroxyl groups excluding tert-OH is 4. The Labute approximate surface area is 155 Å². The van der Waals surface area contributed by atoms with E-state index in [1.54, 1.807) is 0 Å². The molecule has 1 fully saturated rings. The van der Waals surface area contributed by atoms with Crippen molar-refractivity contribution < 1.29 is 26.5 Å². The molecule has 1 aliphatic heterocycles. The number of benzene rings is 1. The van der Waals surface area contributed by atoms with Crippen molar-refractivity contribution in [2.24, 2.45) is 4.99 Å². The lowest BCUT2D eigenvalue weighted by atomic mass is 9.97. The van der Waals surface area contributed by atoms with Crippen molar-refractivity contribution in [2.45, 2.75) is 63.3 Å². The van der Waals surface area contributed by atoms with Gasteiger partial charge in [0.25, 0.3) is 0 Å². The van der Waals surface area contributed by atoms with Crippen LogP contribution in [0.3, 0.4) is 0 Å². The van der Waals surface area contributed by atoms with Gasteiger partial charge in [-0.1, -0.05) is 56.2 Å². The minimum Gasteiger partial charge on any atom is -0.394 e. The number of unbranched alkanes of at least 4 members (excludes halogenated alkanes) is 2. The van der Waals surface area contributed by atoms with Gasteiger partial charge in [0.05, 0.1) is 7.98 Å². The first-order valence-electron chi connectivity index (χ1n) is 9.58. The molecule has 1 saturated heterocycles. The molecule has 1 aromatic carbocycles. The molecule has 1 aromatic rings. The number of aliphatic hydroxyl groups is 4. The Bertz CT molecular complexity index is 637. The highest BCUT2D eigenvalue weighted by Gasteiger charge is 2.43. The van der Waals surface area contributed by atoms with Gasteiger partial charge in [0.2, 0.25) is 0 Å². The molecule has 144 valence electrons. The number of allylic oxidation sites excluding steroid dienone is 1. The number of rotatable bonds is 8. The van der Waals surface area contributed by atoms with Gasteiger partial charge in [-0.25, -0.2) is 0 Å². The molecule has 0 amide bonds. The zero-order valence-corrected chi connectivity index (χ0v) is 15.0. The second kappa shape index (κ2) is 10.5. The SMILES string of the molecule is [2H]C(=N[C@H]1C(O)O[C@H](CO)[C@@H](O)[C@@H]1O)C(=Cc1ccccc1)CCCCC. The van der Waals surface area contributed by atoms with E-state index in [0.29, 0.717) is 12.0 Å². The Morgan fingerprint density at radius 1 is 1.19 bits per heavy atom. The summed E-state index contributed by atoms with van der Waals surface area (Å²) in [7, 11) is 0. The van der Waals surface area contributed by atoms with Crippen LogP contribution in [0.4, 0.5) is 0 Å². The summed E-state index contributed by atoms with van der Waals surface area (Å²) >= 11 is 0. The topological polar surface area (TPSA) is 103 Å². The van der Waals surface area contributed by atoms with Crippen molar-refractivity contribution in [3.63, 3.8) is 0 Å². The molecule has 6 heteroatoms. The Balaban J connectivity index is 2.24. The maximum atomic E-state index is 10.2. The monoisotopic (exact) mass is 364 g/mol. The predicted octanol–water partition coefficient (Wildman–Crippen LogP) is 1.52. The van der Waals surface area contributed by atoms with Gasteiger partial charge in [-0.05, 0) is 24.0 Å². The van der Waals surface area contributed by atoms with Gasteiger partial charge in [-0.2, -0.15) is 0 Å². The Kier molecular flexibility index (Phi) is 7.79. The second-order valence-electron chi connectivity index (χ2n) is 6.50. The average molecular weight is 364 g/mol. The van der Waals surface area contributed by atoms with E-state index in [9.17, 15) is 15.3 Å². The predicted molar refractivity (Wildman–Crippen MR) is 101 cm³/mol. The second-order valence-corrected chi connectivity index (χ2v) is 6.50. The number of ether oxygens (including phenoxy) is 1. The molecule has 0 saturated carbocycles. The Hall–Kier alpha value is -1.57. The van der Waals surface area contributed by atoms with Crippen molar-refractivity contribution >= 4 is 12.3 Å². The molecule has 1 aliphatic rings. The van der Waals surface area contributed by atoms with E-state index in [-0.39, 0.29) is 6.19 Å². The van der Waals surface area contributed by atoms with Crippen LogP contribution in [0, 0.1) is 0 Å². The highest BCUT2D eigenvalue weighted by Crippen LogP contribution is 2.22. The molecule has 0 radical (unpaired) electrons. The minimum absolute atomic E-state index is 0.0590. The van der Waals surface area contributed by atoms with Gasteiger partial charge in [-0.15, -0.1) is 0 Å². The number of nitrogens with zero attached hydrogens (tertiary/aromatic N) is 1. The first-order valence-corrected chi connectivity index (χ1v) is 9.08. The molecule has 0 aliphatic carbocycles. The molecule has 1 unspecified atom stereocenters. The summed E-state index contributed by atoms with van der Waals surface area (Å²) in [5, 5.41) is 39.5. The highest BCUT2D eigenvalue weighted by molar-refractivity contribution is 5.85. The van der Waals surface area contributed by atoms with Crippen molar-refractivity contribution in [1.82, 2.24) is 0 Å². The van der Waals surface area contributed by atoms with Crippen LogP contribution in [0.1, 0.15) is 39.5 Å². The maximum Gasteiger partial charge on any atom is 0.180 e.